The van der Waals surface area contributed by atoms with Crippen LogP contribution in [0.15, 0.2) is 17.6 Å². The summed E-state index contributed by atoms with van der Waals surface area (Å²) in [6.07, 6.45) is 2.60. The zero-order valence-electron chi connectivity index (χ0n) is 5.66. The fraction of sp³-hybridized carbons (Fsp3) is 0.333. The molecule has 0 aliphatic carbocycles. The number of rotatable bonds is 2. The second-order valence-electron chi connectivity index (χ2n) is 1.75. The van der Waals surface area contributed by atoms with Crippen LogP contribution in [0.5, 0.6) is 0 Å². The van der Waals surface area contributed by atoms with Crippen molar-refractivity contribution in [2.45, 2.75) is 0 Å². The Balaban J connectivity index is 3.70. The first-order valence-corrected chi connectivity index (χ1v) is 2.54. The molecule has 0 rings (SSSR count). The Bertz CT molecular complexity index is 138. The van der Waals surface area contributed by atoms with Crippen LogP contribution in [0.1, 0.15) is 0 Å². The number of carbonyl (C=O) groups is 1. The Morgan fingerprint density at radius 1 is 1.67 bits per heavy atom. The molecule has 3 nitrogen and oxygen atoms in total. The van der Waals surface area contributed by atoms with Crippen LogP contribution < -0.4 is 0 Å². The maximum absolute atomic E-state index is 10.4. The summed E-state index contributed by atoms with van der Waals surface area (Å²) in [6.45, 7) is 3.26. The van der Waals surface area contributed by atoms with Crippen molar-refractivity contribution in [3.8, 4) is 0 Å². The number of nitrogens with zero attached hydrogens (tertiary/aromatic N) is 2. The summed E-state index contributed by atoms with van der Waals surface area (Å²) < 4.78 is 0. The molecule has 0 saturated heterocycles. The number of carbonyl (C=O) groups excluding carboxylic acids is 1. The Hall–Kier alpha value is -1.12. The Morgan fingerprint density at radius 3 is 2.56 bits per heavy atom. The maximum Gasteiger partial charge on any atom is 0.270 e. The van der Waals surface area contributed by atoms with Gasteiger partial charge in [0.1, 0.15) is 0 Å². The third kappa shape index (κ3) is 4.74. The molecule has 0 aromatic rings. The van der Waals surface area contributed by atoms with Crippen LogP contribution in [0.3, 0.4) is 0 Å². The van der Waals surface area contributed by atoms with Crippen molar-refractivity contribution >= 4 is 12.2 Å². The normalized spacial score (nSPS) is 9.56. The van der Waals surface area contributed by atoms with Gasteiger partial charge in [-0.1, -0.05) is 6.58 Å². The third-order valence-corrected chi connectivity index (χ3v) is 0.591. The van der Waals surface area contributed by atoms with E-state index in [9.17, 15) is 4.79 Å². The molecule has 3 heteroatoms. The van der Waals surface area contributed by atoms with E-state index >= 15 is 0 Å². The van der Waals surface area contributed by atoms with Crippen molar-refractivity contribution < 1.29 is 4.79 Å². The van der Waals surface area contributed by atoms with Crippen LogP contribution in [0.2, 0.25) is 0 Å². The van der Waals surface area contributed by atoms with Crippen molar-refractivity contribution in [1.29, 1.82) is 0 Å². The predicted octanol–water partition coefficient (Wildman–Crippen LogP) is 0.289. The molecule has 0 fully saturated rings. The summed E-state index contributed by atoms with van der Waals surface area (Å²) in [4.78, 5) is 15.5. The van der Waals surface area contributed by atoms with Crippen LogP contribution in [0.4, 0.5) is 0 Å². The van der Waals surface area contributed by atoms with E-state index in [-0.39, 0.29) is 5.91 Å². The van der Waals surface area contributed by atoms with E-state index < -0.39 is 0 Å². The Kier molecular flexibility index (Phi) is 3.35. The zero-order chi connectivity index (χ0) is 7.28. The van der Waals surface area contributed by atoms with Gasteiger partial charge < -0.3 is 4.90 Å². The van der Waals surface area contributed by atoms with Gasteiger partial charge in [-0.3, -0.25) is 4.79 Å². The molecule has 0 unspecified atom stereocenters. The molecule has 0 aromatic carbocycles. The molecule has 0 atom stereocenters. The van der Waals surface area contributed by atoms with Gasteiger partial charge in [0.15, 0.2) is 0 Å². The largest absolute Gasteiger partial charge is 0.369 e. The summed E-state index contributed by atoms with van der Waals surface area (Å²) in [7, 11) is 3.58. The first kappa shape index (κ1) is 7.88. The fourth-order valence-corrected chi connectivity index (χ4v) is 0.225. The predicted molar refractivity (Wildman–Crippen MR) is 37.4 cm³/mol. The van der Waals surface area contributed by atoms with Crippen molar-refractivity contribution in [2.24, 2.45) is 4.99 Å². The average Bonchev–Trinajstić information content (AvgIpc) is 1.83. The molecule has 50 valence electrons. The highest BCUT2D eigenvalue weighted by atomic mass is 16.1. The second kappa shape index (κ2) is 3.83. The van der Waals surface area contributed by atoms with E-state index in [0.717, 1.165) is 0 Å². The van der Waals surface area contributed by atoms with Gasteiger partial charge in [0.25, 0.3) is 5.91 Å². The standard InChI is InChI=1S/C6H10N2O/c1-4-6(9)7-5-8(2)3/h4-5H,1H2,2-3H3/b7-5+. The van der Waals surface area contributed by atoms with Gasteiger partial charge >= 0.3 is 0 Å². The fourth-order valence-electron chi connectivity index (χ4n) is 0.225. The first-order chi connectivity index (χ1) is 4.16. The van der Waals surface area contributed by atoms with Crippen molar-refractivity contribution in [1.82, 2.24) is 4.90 Å². The van der Waals surface area contributed by atoms with E-state index in [4.69, 9.17) is 0 Å². The van der Waals surface area contributed by atoms with E-state index in [1.165, 1.54) is 12.4 Å². The first-order valence-electron chi connectivity index (χ1n) is 2.54. The molecule has 0 radical (unpaired) electrons. The summed E-state index contributed by atoms with van der Waals surface area (Å²) in [5, 5.41) is 0. The highest BCUT2D eigenvalue weighted by molar-refractivity contribution is 5.92. The van der Waals surface area contributed by atoms with Crippen LogP contribution in [-0.4, -0.2) is 31.2 Å². The van der Waals surface area contributed by atoms with Gasteiger partial charge in [0, 0.05) is 14.1 Å². The lowest BCUT2D eigenvalue weighted by molar-refractivity contribution is -0.113. The minimum atomic E-state index is -0.316. The highest BCUT2D eigenvalue weighted by Crippen LogP contribution is 1.73. The topological polar surface area (TPSA) is 32.7 Å². The molecule has 0 N–H and O–H groups in total. The molecule has 9 heavy (non-hydrogen) atoms. The molecular weight excluding hydrogens is 116 g/mol. The Labute approximate surface area is 54.7 Å². The lowest BCUT2D eigenvalue weighted by atomic mass is 10.6. The van der Waals surface area contributed by atoms with Crippen LogP contribution in [0, 0.1) is 0 Å². The lowest BCUT2D eigenvalue weighted by Crippen LogP contribution is -2.08. The molecule has 0 aliphatic heterocycles. The van der Waals surface area contributed by atoms with Gasteiger partial charge in [-0.25, -0.2) is 4.99 Å². The maximum atomic E-state index is 10.4. The van der Waals surface area contributed by atoms with Gasteiger partial charge in [-0.15, -0.1) is 0 Å². The van der Waals surface area contributed by atoms with E-state index in [1.54, 1.807) is 19.0 Å². The van der Waals surface area contributed by atoms with Gasteiger partial charge in [0.2, 0.25) is 0 Å². The van der Waals surface area contributed by atoms with Crippen LogP contribution in [-0.2, 0) is 4.79 Å². The van der Waals surface area contributed by atoms with Gasteiger partial charge in [-0.05, 0) is 6.08 Å². The molecule has 0 aliphatic rings. The molecule has 0 spiro atoms. The SMILES string of the molecule is C=CC(=O)/N=C/N(C)C. The Morgan fingerprint density at radius 2 is 2.22 bits per heavy atom. The lowest BCUT2D eigenvalue weighted by Gasteiger charge is -1.99. The number of amides is 1. The molecule has 1 amide bonds. The summed E-state index contributed by atoms with van der Waals surface area (Å²) in [5.74, 6) is -0.316. The monoisotopic (exact) mass is 126 g/mol. The number of hydrogen-bond donors (Lipinski definition) is 0. The number of aliphatic imine (C=N–C) groups is 1. The average molecular weight is 126 g/mol. The van der Waals surface area contributed by atoms with Crippen molar-refractivity contribution in [3.63, 3.8) is 0 Å². The molecule has 0 heterocycles. The van der Waals surface area contributed by atoms with Crippen molar-refractivity contribution in [2.75, 3.05) is 14.1 Å². The van der Waals surface area contributed by atoms with E-state index in [1.807, 2.05) is 0 Å². The smallest absolute Gasteiger partial charge is 0.270 e. The van der Waals surface area contributed by atoms with E-state index in [2.05, 4.69) is 11.6 Å². The van der Waals surface area contributed by atoms with Crippen LogP contribution in [0.25, 0.3) is 0 Å². The number of hydrogen-bond acceptors (Lipinski definition) is 1. The molecular formula is C6H10N2O. The second-order valence-corrected chi connectivity index (χ2v) is 1.75. The van der Waals surface area contributed by atoms with Crippen LogP contribution >= 0.6 is 0 Å². The minimum Gasteiger partial charge on any atom is -0.369 e. The molecule has 0 bridgehead atoms. The van der Waals surface area contributed by atoms with Crippen molar-refractivity contribution in [3.05, 3.63) is 12.7 Å². The van der Waals surface area contributed by atoms with E-state index in [0.29, 0.717) is 0 Å². The summed E-state index contributed by atoms with van der Waals surface area (Å²) >= 11 is 0. The molecule has 0 saturated carbocycles. The highest BCUT2D eigenvalue weighted by Gasteiger charge is 1.84. The molecule has 0 aromatic heterocycles. The summed E-state index contributed by atoms with van der Waals surface area (Å²) in [6, 6.07) is 0. The summed E-state index contributed by atoms with van der Waals surface area (Å²) in [5.41, 5.74) is 0. The van der Waals surface area contributed by atoms with Gasteiger partial charge in [-0.2, -0.15) is 0 Å². The minimum absolute atomic E-state index is 0.316. The third-order valence-electron chi connectivity index (χ3n) is 0.591. The van der Waals surface area contributed by atoms with Gasteiger partial charge in [0.05, 0.1) is 6.34 Å². The quantitative estimate of drug-likeness (QED) is 0.302. The zero-order valence-corrected chi connectivity index (χ0v) is 5.66.